The number of carbonyl (C=O) groups is 1. The van der Waals surface area contributed by atoms with E-state index in [9.17, 15) is 4.79 Å². The van der Waals surface area contributed by atoms with Crippen LogP contribution in [0.4, 0.5) is 0 Å². The molecule has 4 rings (SSSR count). The zero-order valence-electron chi connectivity index (χ0n) is 15.1. The van der Waals surface area contributed by atoms with Crippen LogP contribution in [0.1, 0.15) is 24.5 Å². The van der Waals surface area contributed by atoms with E-state index in [2.05, 4.69) is 41.3 Å². The van der Waals surface area contributed by atoms with Crippen LogP contribution in [0.2, 0.25) is 0 Å². The minimum atomic E-state index is -0.487. The molecule has 0 spiro atoms. The Morgan fingerprint density at radius 2 is 1.80 bits per heavy atom. The molecule has 2 aromatic carbocycles. The Kier molecular flexibility index (Phi) is 4.26. The zero-order valence-corrected chi connectivity index (χ0v) is 15.1. The van der Waals surface area contributed by atoms with Crippen molar-refractivity contribution in [2.45, 2.75) is 18.8 Å². The molecule has 25 heavy (non-hydrogen) atoms. The van der Waals surface area contributed by atoms with Gasteiger partial charge in [-0.15, -0.1) is 0 Å². The summed E-state index contributed by atoms with van der Waals surface area (Å²) in [4.78, 5) is 17.7. The molecule has 1 amide bonds. The van der Waals surface area contributed by atoms with Crippen LogP contribution in [0.15, 0.2) is 36.4 Å². The van der Waals surface area contributed by atoms with Crippen molar-refractivity contribution >= 4 is 16.7 Å². The first-order chi connectivity index (χ1) is 12.2. The first kappa shape index (κ1) is 16.6. The lowest BCUT2D eigenvalue weighted by Gasteiger charge is -2.45. The van der Waals surface area contributed by atoms with Crippen LogP contribution in [0, 0.1) is 0 Å². The van der Waals surface area contributed by atoms with Crippen LogP contribution in [0.3, 0.4) is 0 Å². The monoisotopic (exact) mass is 338 g/mol. The van der Waals surface area contributed by atoms with Gasteiger partial charge in [0.1, 0.15) is 5.41 Å². The van der Waals surface area contributed by atoms with Crippen LogP contribution in [0.5, 0.6) is 0 Å². The van der Waals surface area contributed by atoms with Gasteiger partial charge in [-0.05, 0) is 35.2 Å². The fraction of sp³-hybridized carbons (Fsp3) is 0.476. The molecule has 0 radical (unpaired) electrons. The van der Waals surface area contributed by atoms with E-state index in [0.29, 0.717) is 0 Å². The fourth-order valence-corrected chi connectivity index (χ4v) is 4.36. The van der Waals surface area contributed by atoms with Gasteiger partial charge in [0, 0.05) is 33.2 Å². The molecule has 0 unspecified atom stereocenters. The van der Waals surface area contributed by atoms with Crippen molar-refractivity contribution in [2.75, 3.05) is 46.4 Å². The first-order valence-electron chi connectivity index (χ1n) is 9.27. The SMILES string of the molecule is CCN(C)C(=O)C1(CCN2CCOCC2)c2cccc3cccc1c23. The Balaban J connectivity index is 1.71. The molecular weight excluding hydrogens is 312 g/mol. The molecule has 1 fully saturated rings. The third-order valence-corrected chi connectivity index (χ3v) is 5.92. The normalized spacial score (nSPS) is 18.8. The average Bonchev–Trinajstić information content (AvgIpc) is 2.67. The van der Waals surface area contributed by atoms with Gasteiger partial charge in [0.2, 0.25) is 5.91 Å². The van der Waals surface area contributed by atoms with Gasteiger partial charge in [-0.25, -0.2) is 0 Å². The van der Waals surface area contributed by atoms with E-state index in [-0.39, 0.29) is 5.91 Å². The third kappa shape index (κ3) is 2.47. The molecule has 0 atom stereocenters. The number of nitrogens with zero attached hydrogens (tertiary/aromatic N) is 2. The van der Waals surface area contributed by atoms with Gasteiger partial charge in [-0.3, -0.25) is 9.69 Å². The molecule has 132 valence electrons. The molecule has 2 aromatic rings. The third-order valence-electron chi connectivity index (χ3n) is 5.92. The largest absolute Gasteiger partial charge is 0.379 e. The van der Waals surface area contributed by atoms with E-state index in [1.165, 1.54) is 21.9 Å². The predicted octanol–water partition coefficient (Wildman–Crippen LogP) is 2.64. The second-order valence-electron chi connectivity index (χ2n) is 7.14. The molecule has 1 saturated heterocycles. The highest BCUT2D eigenvalue weighted by Crippen LogP contribution is 2.52. The number of amides is 1. The second-order valence-corrected chi connectivity index (χ2v) is 7.14. The van der Waals surface area contributed by atoms with E-state index in [0.717, 1.165) is 45.8 Å². The Morgan fingerprint density at radius 3 is 2.40 bits per heavy atom. The van der Waals surface area contributed by atoms with E-state index in [4.69, 9.17) is 4.74 Å². The quantitative estimate of drug-likeness (QED) is 0.840. The fourth-order valence-electron chi connectivity index (χ4n) is 4.36. The molecule has 0 bridgehead atoms. The lowest BCUT2D eigenvalue weighted by atomic mass is 9.60. The lowest BCUT2D eigenvalue weighted by molar-refractivity contribution is -0.135. The standard InChI is InChI=1S/C21H26N2O2/c1-3-22(2)20(24)21(10-11-23-12-14-25-15-13-23)17-8-4-6-16-7-5-9-18(21)19(16)17/h4-9H,3,10-15H2,1-2H3. The van der Waals surface area contributed by atoms with Gasteiger partial charge in [0.25, 0.3) is 0 Å². The smallest absolute Gasteiger partial charge is 0.237 e. The summed E-state index contributed by atoms with van der Waals surface area (Å²) < 4.78 is 5.46. The van der Waals surface area contributed by atoms with Crippen LogP contribution < -0.4 is 0 Å². The number of rotatable bonds is 5. The predicted molar refractivity (Wildman–Crippen MR) is 99.9 cm³/mol. The average molecular weight is 338 g/mol. The molecule has 2 aliphatic rings. The number of ether oxygens (including phenoxy) is 1. The number of carbonyl (C=O) groups excluding carboxylic acids is 1. The van der Waals surface area contributed by atoms with E-state index in [1.54, 1.807) is 0 Å². The summed E-state index contributed by atoms with van der Waals surface area (Å²) in [6, 6.07) is 12.8. The van der Waals surface area contributed by atoms with Gasteiger partial charge >= 0.3 is 0 Å². The van der Waals surface area contributed by atoms with Crippen molar-refractivity contribution in [2.24, 2.45) is 0 Å². The summed E-state index contributed by atoms with van der Waals surface area (Å²) in [5.41, 5.74) is 1.93. The van der Waals surface area contributed by atoms with E-state index < -0.39 is 5.41 Å². The number of morpholine rings is 1. The molecular formula is C21H26N2O2. The maximum absolute atomic E-state index is 13.4. The van der Waals surface area contributed by atoms with Gasteiger partial charge < -0.3 is 9.64 Å². The molecule has 1 aliphatic heterocycles. The number of hydrogen-bond acceptors (Lipinski definition) is 3. The topological polar surface area (TPSA) is 32.8 Å². The highest BCUT2D eigenvalue weighted by atomic mass is 16.5. The highest BCUT2D eigenvalue weighted by molar-refractivity contribution is 6.09. The van der Waals surface area contributed by atoms with E-state index in [1.807, 2.05) is 18.9 Å². The Hall–Kier alpha value is -1.91. The Morgan fingerprint density at radius 1 is 1.16 bits per heavy atom. The molecule has 0 N–H and O–H groups in total. The minimum Gasteiger partial charge on any atom is -0.379 e. The number of hydrogen-bond donors (Lipinski definition) is 0. The van der Waals surface area contributed by atoms with Gasteiger partial charge in [-0.2, -0.15) is 0 Å². The minimum absolute atomic E-state index is 0.231. The maximum Gasteiger partial charge on any atom is 0.237 e. The molecule has 1 heterocycles. The van der Waals surface area contributed by atoms with Gasteiger partial charge in [0.05, 0.1) is 13.2 Å². The van der Waals surface area contributed by atoms with Crippen LogP contribution in [-0.2, 0) is 14.9 Å². The molecule has 1 aliphatic carbocycles. The van der Waals surface area contributed by atoms with Crippen molar-refractivity contribution in [1.29, 1.82) is 0 Å². The Labute approximate surface area is 149 Å². The van der Waals surface area contributed by atoms with E-state index >= 15 is 0 Å². The first-order valence-corrected chi connectivity index (χ1v) is 9.27. The van der Waals surface area contributed by atoms with Crippen molar-refractivity contribution < 1.29 is 9.53 Å². The molecule has 4 heteroatoms. The number of benzene rings is 2. The summed E-state index contributed by atoms with van der Waals surface area (Å²) in [5.74, 6) is 0.231. The van der Waals surface area contributed by atoms with Crippen molar-refractivity contribution in [3.63, 3.8) is 0 Å². The maximum atomic E-state index is 13.4. The van der Waals surface area contributed by atoms with Crippen molar-refractivity contribution in [1.82, 2.24) is 9.80 Å². The summed E-state index contributed by atoms with van der Waals surface area (Å²) in [6.45, 7) is 7.20. The molecule has 4 nitrogen and oxygen atoms in total. The van der Waals surface area contributed by atoms with Crippen molar-refractivity contribution in [3.8, 4) is 0 Å². The summed E-state index contributed by atoms with van der Waals surface area (Å²) in [7, 11) is 1.92. The molecule has 0 saturated carbocycles. The highest BCUT2D eigenvalue weighted by Gasteiger charge is 2.51. The molecule has 0 aromatic heterocycles. The number of likely N-dealkylation sites (N-methyl/N-ethyl adjacent to an activating group) is 1. The summed E-state index contributed by atoms with van der Waals surface area (Å²) in [6.07, 6.45) is 0.840. The Bertz CT molecular complexity index is 757. The van der Waals surface area contributed by atoms with Gasteiger partial charge in [0.15, 0.2) is 0 Å². The van der Waals surface area contributed by atoms with Crippen LogP contribution in [-0.4, -0.2) is 62.1 Å². The lowest BCUT2D eigenvalue weighted by Crippen LogP contribution is -2.52. The van der Waals surface area contributed by atoms with Gasteiger partial charge in [-0.1, -0.05) is 36.4 Å². The summed E-state index contributed by atoms with van der Waals surface area (Å²) >= 11 is 0. The van der Waals surface area contributed by atoms with Crippen LogP contribution in [0.25, 0.3) is 10.8 Å². The summed E-state index contributed by atoms with van der Waals surface area (Å²) in [5, 5.41) is 2.52. The van der Waals surface area contributed by atoms with Crippen LogP contribution >= 0.6 is 0 Å². The van der Waals surface area contributed by atoms with Crippen molar-refractivity contribution in [3.05, 3.63) is 47.5 Å². The second kappa shape index (κ2) is 6.43. The zero-order chi connectivity index (χ0) is 17.4.